The largest absolute Gasteiger partial charge is 0.497 e. The molecule has 1 amide bonds. The molecule has 1 unspecified atom stereocenters. The number of hydrogen-bond acceptors (Lipinski definition) is 4. The molecule has 0 aromatic heterocycles. The van der Waals surface area contributed by atoms with Crippen LogP contribution in [0.3, 0.4) is 0 Å². The summed E-state index contributed by atoms with van der Waals surface area (Å²) in [5.41, 5.74) is 1.09. The van der Waals surface area contributed by atoms with Crippen molar-refractivity contribution in [2.24, 2.45) is 4.99 Å². The average molecular weight is 365 g/mol. The fourth-order valence-electron chi connectivity index (χ4n) is 2.41. The van der Waals surface area contributed by atoms with Gasteiger partial charge in [-0.05, 0) is 36.3 Å². The van der Waals surface area contributed by atoms with Crippen molar-refractivity contribution >= 4 is 23.6 Å². The summed E-state index contributed by atoms with van der Waals surface area (Å²) in [4.78, 5) is 18.0. The SMILES string of the molecule is COc1ccc(CN=C(NCC(=O)N(C)C)NCC2CCCS2)cc1. The van der Waals surface area contributed by atoms with E-state index in [2.05, 4.69) is 15.6 Å². The Balaban J connectivity index is 1.93. The van der Waals surface area contributed by atoms with E-state index in [0.29, 0.717) is 17.8 Å². The number of hydrogen-bond donors (Lipinski definition) is 2. The summed E-state index contributed by atoms with van der Waals surface area (Å²) in [5.74, 6) is 2.77. The summed E-state index contributed by atoms with van der Waals surface area (Å²) in [5, 5.41) is 7.13. The van der Waals surface area contributed by atoms with Crippen LogP contribution in [0.4, 0.5) is 0 Å². The minimum Gasteiger partial charge on any atom is -0.497 e. The highest BCUT2D eigenvalue weighted by Gasteiger charge is 2.16. The van der Waals surface area contributed by atoms with Crippen LogP contribution in [0.5, 0.6) is 5.75 Å². The van der Waals surface area contributed by atoms with E-state index in [1.807, 2.05) is 36.0 Å². The molecule has 6 nitrogen and oxygen atoms in total. The molecule has 1 aliphatic heterocycles. The predicted octanol–water partition coefficient (Wildman–Crippen LogP) is 1.71. The van der Waals surface area contributed by atoms with Crippen molar-refractivity contribution in [2.75, 3.05) is 40.0 Å². The van der Waals surface area contributed by atoms with Gasteiger partial charge < -0.3 is 20.3 Å². The number of ether oxygens (including phenoxy) is 1. The molecular weight excluding hydrogens is 336 g/mol. The molecule has 25 heavy (non-hydrogen) atoms. The van der Waals surface area contributed by atoms with E-state index in [-0.39, 0.29) is 12.5 Å². The van der Waals surface area contributed by atoms with Crippen molar-refractivity contribution in [1.29, 1.82) is 0 Å². The number of nitrogens with zero attached hydrogens (tertiary/aromatic N) is 2. The van der Waals surface area contributed by atoms with Gasteiger partial charge in [-0.15, -0.1) is 0 Å². The number of nitrogens with one attached hydrogen (secondary N) is 2. The van der Waals surface area contributed by atoms with E-state index in [1.54, 1.807) is 26.1 Å². The Morgan fingerprint density at radius 3 is 2.68 bits per heavy atom. The molecule has 0 spiro atoms. The molecule has 0 aliphatic carbocycles. The maximum atomic E-state index is 11.8. The summed E-state index contributed by atoms with van der Waals surface area (Å²) in [6.45, 7) is 1.65. The van der Waals surface area contributed by atoms with E-state index < -0.39 is 0 Å². The lowest BCUT2D eigenvalue weighted by Crippen LogP contribution is -2.44. The zero-order chi connectivity index (χ0) is 18.1. The molecule has 1 heterocycles. The van der Waals surface area contributed by atoms with Gasteiger partial charge in [-0.3, -0.25) is 4.79 Å². The third kappa shape index (κ3) is 6.86. The molecule has 1 fully saturated rings. The first-order chi connectivity index (χ1) is 12.1. The summed E-state index contributed by atoms with van der Waals surface area (Å²) < 4.78 is 5.17. The summed E-state index contributed by atoms with van der Waals surface area (Å²) >= 11 is 2.00. The van der Waals surface area contributed by atoms with Gasteiger partial charge in [-0.2, -0.15) is 11.8 Å². The van der Waals surface area contributed by atoms with Crippen LogP contribution in [0.2, 0.25) is 0 Å². The Hall–Kier alpha value is -1.89. The van der Waals surface area contributed by atoms with Gasteiger partial charge >= 0.3 is 0 Å². The van der Waals surface area contributed by atoms with Crippen molar-refractivity contribution in [3.05, 3.63) is 29.8 Å². The molecule has 138 valence electrons. The number of carbonyl (C=O) groups is 1. The van der Waals surface area contributed by atoms with Crippen LogP contribution in [-0.4, -0.2) is 62.1 Å². The quantitative estimate of drug-likeness (QED) is 0.570. The second kappa shape index (κ2) is 10.2. The van der Waals surface area contributed by atoms with Crippen LogP contribution >= 0.6 is 11.8 Å². The van der Waals surface area contributed by atoms with Gasteiger partial charge in [0.25, 0.3) is 0 Å². The monoisotopic (exact) mass is 364 g/mol. The summed E-state index contributed by atoms with van der Waals surface area (Å²) in [7, 11) is 5.16. The Morgan fingerprint density at radius 1 is 1.32 bits per heavy atom. The normalized spacial score (nSPS) is 17.2. The van der Waals surface area contributed by atoms with E-state index in [0.717, 1.165) is 17.9 Å². The number of aliphatic imine (C=N–C) groups is 1. The third-order valence-electron chi connectivity index (χ3n) is 4.01. The highest BCUT2D eigenvalue weighted by atomic mass is 32.2. The lowest BCUT2D eigenvalue weighted by Gasteiger charge is -2.17. The minimum atomic E-state index is 0.0224. The highest BCUT2D eigenvalue weighted by Crippen LogP contribution is 2.25. The molecule has 1 atom stereocenters. The zero-order valence-corrected chi connectivity index (χ0v) is 16.1. The Bertz CT molecular complexity index is 569. The van der Waals surface area contributed by atoms with E-state index >= 15 is 0 Å². The summed E-state index contributed by atoms with van der Waals surface area (Å²) in [6.07, 6.45) is 2.52. The van der Waals surface area contributed by atoms with Crippen LogP contribution in [0.15, 0.2) is 29.3 Å². The maximum absolute atomic E-state index is 11.8. The van der Waals surface area contributed by atoms with Gasteiger partial charge in [0.1, 0.15) is 5.75 Å². The summed E-state index contributed by atoms with van der Waals surface area (Å²) in [6, 6.07) is 7.85. The van der Waals surface area contributed by atoms with Gasteiger partial charge in [-0.25, -0.2) is 4.99 Å². The van der Waals surface area contributed by atoms with Crippen LogP contribution < -0.4 is 15.4 Å². The van der Waals surface area contributed by atoms with E-state index in [1.165, 1.54) is 18.6 Å². The number of amides is 1. The lowest BCUT2D eigenvalue weighted by atomic mass is 10.2. The molecule has 0 bridgehead atoms. The molecule has 7 heteroatoms. The minimum absolute atomic E-state index is 0.0224. The van der Waals surface area contributed by atoms with Crippen LogP contribution in [-0.2, 0) is 11.3 Å². The van der Waals surface area contributed by atoms with Gasteiger partial charge in [0.2, 0.25) is 5.91 Å². The zero-order valence-electron chi connectivity index (χ0n) is 15.2. The molecule has 0 saturated carbocycles. The Morgan fingerprint density at radius 2 is 2.08 bits per heavy atom. The fourth-order valence-corrected chi connectivity index (χ4v) is 3.61. The maximum Gasteiger partial charge on any atom is 0.241 e. The van der Waals surface area contributed by atoms with Crippen LogP contribution in [0.25, 0.3) is 0 Å². The number of methoxy groups -OCH3 is 1. The fraction of sp³-hybridized carbons (Fsp3) is 0.556. The van der Waals surface area contributed by atoms with Gasteiger partial charge in [0, 0.05) is 25.9 Å². The average Bonchev–Trinajstić information content (AvgIpc) is 3.14. The molecule has 1 aromatic carbocycles. The number of guanidine groups is 1. The number of rotatable bonds is 7. The number of benzene rings is 1. The first-order valence-electron chi connectivity index (χ1n) is 8.55. The number of likely N-dealkylation sites (N-methyl/N-ethyl adjacent to an activating group) is 1. The highest BCUT2D eigenvalue weighted by molar-refractivity contribution is 8.00. The second-order valence-electron chi connectivity index (χ2n) is 6.17. The topological polar surface area (TPSA) is 66.0 Å². The molecule has 2 rings (SSSR count). The van der Waals surface area contributed by atoms with Crippen molar-refractivity contribution in [1.82, 2.24) is 15.5 Å². The molecule has 1 saturated heterocycles. The molecule has 0 radical (unpaired) electrons. The van der Waals surface area contributed by atoms with Crippen LogP contribution in [0, 0.1) is 0 Å². The second-order valence-corrected chi connectivity index (χ2v) is 7.58. The van der Waals surface area contributed by atoms with Gasteiger partial charge in [-0.1, -0.05) is 12.1 Å². The van der Waals surface area contributed by atoms with Gasteiger partial charge in [0.15, 0.2) is 5.96 Å². The van der Waals surface area contributed by atoms with Crippen molar-refractivity contribution in [3.8, 4) is 5.75 Å². The predicted molar refractivity (Wildman–Crippen MR) is 104 cm³/mol. The molecule has 1 aliphatic rings. The van der Waals surface area contributed by atoms with E-state index in [9.17, 15) is 4.79 Å². The van der Waals surface area contributed by atoms with E-state index in [4.69, 9.17) is 4.74 Å². The van der Waals surface area contributed by atoms with Crippen molar-refractivity contribution in [2.45, 2.75) is 24.6 Å². The van der Waals surface area contributed by atoms with Crippen molar-refractivity contribution in [3.63, 3.8) is 0 Å². The first kappa shape index (κ1) is 19.4. The first-order valence-corrected chi connectivity index (χ1v) is 9.60. The number of carbonyl (C=O) groups excluding carboxylic acids is 1. The number of thioether (sulfide) groups is 1. The third-order valence-corrected chi connectivity index (χ3v) is 5.40. The molecule has 1 aromatic rings. The van der Waals surface area contributed by atoms with Crippen molar-refractivity contribution < 1.29 is 9.53 Å². The lowest BCUT2D eigenvalue weighted by molar-refractivity contribution is -0.127. The van der Waals surface area contributed by atoms with Gasteiger partial charge in [0.05, 0.1) is 20.2 Å². The smallest absolute Gasteiger partial charge is 0.241 e. The molecule has 2 N–H and O–H groups in total. The Labute approximate surface area is 154 Å². The Kier molecular flexibility index (Phi) is 7.91. The molecular formula is C18H28N4O2S. The standard InChI is InChI=1S/C18H28N4O2S/c1-22(2)17(23)13-21-18(20-12-16-5-4-10-25-16)19-11-14-6-8-15(24-3)9-7-14/h6-9,16H,4-5,10-13H2,1-3H3,(H2,19,20,21). The van der Waals surface area contributed by atoms with Crippen LogP contribution in [0.1, 0.15) is 18.4 Å².